The lowest BCUT2D eigenvalue weighted by atomic mass is 10.2. The van der Waals surface area contributed by atoms with Gasteiger partial charge in [-0.1, -0.05) is 0 Å². The molecule has 1 aromatic heterocycles. The van der Waals surface area contributed by atoms with Gasteiger partial charge in [-0.3, -0.25) is 14.6 Å². The fourth-order valence-corrected chi connectivity index (χ4v) is 3.01. The van der Waals surface area contributed by atoms with Gasteiger partial charge in [0.25, 0.3) is 11.8 Å². The van der Waals surface area contributed by atoms with Crippen LogP contribution in [0.2, 0.25) is 0 Å². The van der Waals surface area contributed by atoms with Crippen LogP contribution in [0.4, 0.5) is 11.4 Å². The summed E-state index contributed by atoms with van der Waals surface area (Å²) in [4.78, 5) is 29.0. The van der Waals surface area contributed by atoms with Gasteiger partial charge in [0.05, 0.1) is 5.56 Å². The molecule has 5 rings (SSSR count). The van der Waals surface area contributed by atoms with Crippen LogP contribution >= 0.6 is 0 Å². The van der Waals surface area contributed by atoms with E-state index < -0.39 is 5.91 Å². The van der Waals surface area contributed by atoms with Crippen LogP contribution in [0.3, 0.4) is 0 Å². The van der Waals surface area contributed by atoms with Crippen molar-refractivity contribution in [3.63, 3.8) is 0 Å². The Bertz CT molecular complexity index is 1060. The predicted octanol–water partition coefficient (Wildman–Crippen LogP) is 3.04. The predicted molar refractivity (Wildman–Crippen MR) is 105 cm³/mol. The quantitative estimate of drug-likeness (QED) is 0.687. The Morgan fingerprint density at radius 2 is 1.27 bits per heavy atom. The molecular weight excluding hydrogens is 390 g/mol. The molecule has 0 fully saturated rings. The average molecular weight is 405 g/mol. The first-order chi connectivity index (χ1) is 14.7. The topological polar surface area (TPSA) is 108 Å². The zero-order valence-corrected chi connectivity index (χ0v) is 15.5. The zero-order chi connectivity index (χ0) is 20.5. The van der Waals surface area contributed by atoms with Gasteiger partial charge in [0.2, 0.25) is 13.6 Å². The van der Waals surface area contributed by atoms with Crippen molar-refractivity contribution in [1.82, 2.24) is 4.98 Å². The van der Waals surface area contributed by atoms with E-state index in [-0.39, 0.29) is 25.2 Å². The van der Waals surface area contributed by atoms with E-state index >= 15 is 0 Å². The number of nitrogens with zero attached hydrogens (tertiary/aromatic N) is 1. The molecule has 2 aliphatic rings. The molecule has 0 aliphatic carbocycles. The lowest BCUT2D eigenvalue weighted by Gasteiger charge is -2.08. The molecule has 0 unspecified atom stereocenters. The van der Waals surface area contributed by atoms with Crippen LogP contribution in [0.5, 0.6) is 23.0 Å². The number of hydrogen-bond donors (Lipinski definition) is 2. The summed E-state index contributed by atoms with van der Waals surface area (Å²) in [5.74, 6) is 1.63. The molecule has 0 atom stereocenters. The number of carbonyl (C=O) groups is 2. The monoisotopic (exact) mass is 405 g/mol. The van der Waals surface area contributed by atoms with Gasteiger partial charge in [-0.2, -0.15) is 0 Å². The maximum atomic E-state index is 12.4. The van der Waals surface area contributed by atoms with E-state index in [2.05, 4.69) is 15.6 Å². The molecule has 30 heavy (non-hydrogen) atoms. The second-order valence-electron chi connectivity index (χ2n) is 6.48. The third-order valence-electron chi connectivity index (χ3n) is 4.52. The number of benzene rings is 2. The lowest BCUT2D eigenvalue weighted by Crippen LogP contribution is -2.16. The summed E-state index contributed by atoms with van der Waals surface area (Å²) in [5.41, 5.74) is 1.60. The fourth-order valence-electron chi connectivity index (χ4n) is 3.01. The molecule has 2 N–H and O–H groups in total. The van der Waals surface area contributed by atoms with Gasteiger partial charge in [0, 0.05) is 29.7 Å². The van der Waals surface area contributed by atoms with Crippen LogP contribution in [0, 0.1) is 0 Å². The molecule has 150 valence electrons. The van der Waals surface area contributed by atoms with Crippen LogP contribution < -0.4 is 29.6 Å². The number of nitrogens with one attached hydrogen (secondary N) is 2. The smallest absolute Gasteiger partial charge is 0.274 e. The molecule has 0 bridgehead atoms. The van der Waals surface area contributed by atoms with Gasteiger partial charge in [-0.05, 0) is 36.4 Å². The lowest BCUT2D eigenvalue weighted by molar-refractivity contribution is 0.101. The SMILES string of the molecule is O=C(Nc1ccc2c(c1)OCO2)c1ccc(C(=O)Nc2ccc3c(c2)OCO3)nc1. The summed E-state index contributed by atoms with van der Waals surface area (Å²) in [6.07, 6.45) is 1.34. The van der Waals surface area contributed by atoms with Gasteiger partial charge in [0.1, 0.15) is 5.69 Å². The van der Waals surface area contributed by atoms with E-state index in [0.717, 1.165) is 0 Å². The molecule has 0 spiro atoms. The molecule has 3 aromatic rings. The van der Waals surface area contributed by atoms with Gasteiger partial charge >= 0.3 is 0 Å². The van der Waals surface area contributed by atoms with Crippen LogP contribution in [0.15, 0.2) is 54.7 Å². The Kier molecular flexibility index (Phi) is 4.32. The van der Waals surface area contributed by atoms with E-state index in [1.807, 2.05) is 0 Å². The summed E-state index contributed by atoms with van der Waals surface area (Å²) < 4.78 is 21.1. The summed E-state index contributed by atoms with van der Waals surface area (Å²) in [6.45, 7) is 0.316. The van der Waals surface area contributed by atoms with E-state index in [0.29, 0.717) is 39.9 Å². The number of carbonyl (C=O) groups excluding carboxylic acids is 2. The van der Waals surface area contributed by atoms with Gasteiger partial charge < -0.3 is 29.6 Å². The van der Waals surface area contributed by atoms with E-state index in [4.69, 9.17) is 18.9 Å². The first-order valence-corrected chi connectivity index (χ1v) is 9.04. The first-order valence-electron chi connectivity index (χ1n) is 9.04. The highest BCUT2D eigenvalue weighted by atomic mass is 16.7. The van der Waals surface area contributed by atoms with Crippen molar-refractivity contribution in [2.24, 2.45) is 0 Å². The van der Waals surface area contributed by atoms with Crippen LogP contribution in [0.1, 0.15) is 20.8 Å². The van der Waals surface area contributed by atoms with E-state index in [9.17, 15) is 9.59 Å². The maximum Gasteiger partial charge on any atom is 0.274 e. The van der Waals surface area contributed by atoms with Crippen molar-refractivity contribution in [2.75, 3.05) is 24.2 Å². The Hall–Kier alpha value is -4.27. The summed E-state index contributed by atoms with van der Waals surface area (Å²) in [5, 5.41) is 5.50. The second-order valence-corrected chi connectivity index (χ2v) is 6.48. The first kappa shape index (κ1) is 17.8. The molecular formula is C21H15N3O6. The molecule has 2 amide bonds. The molecule has 2 aromatic carbocycles. The Balaban J connectivity index is 1.24. The third-order valence-corrected chi connectivity index (χ3v) is 4.52. The number of hydrogen-bond acceptors (Lipinski definition) is 7. The second kappa shape index (κ2) is 7.28. The highest BCUT2D eigenvalue weighted by Gasteiger charge is 2.17. The average Bonchev–Trinajstić information content (AvgIpc) is 3.42. The van der Waals surface area contributed by atoms with Crippen molar-refractivity contribution in [2.45, 2.75) is 0 Å². The number of amides is 2. The number of fused-ring (bicyclic) bond motifs is 2. The molecule has 0 radical (unpaired) electrons. The summed E-state index contributed by atoms with van der Waals surface area (Å²) in [7, 11) is 0. The van der Waals surface area contributed by atoms with Crippen LogP contribution in [-0.4, -0.2) is 30.4 Å². The van der Waals surface area contributed by atoms with E-state index in [1.165, 1.54) is 18.3 Å². The van der Waals surface area contributed by atoms with Crippen molar-refractivity contribution >= 4 is 23.2 Å². The molecule has 9 heteroatoms. The standard InChI is InChI=1S/C21H15N3O6/c25-20(23-13-2-5-16-18(7-13)29-10-27-16)12-1-4-15(22-9-12)21(26)24-14-3-6-17-19(8-14)30-11-28-17/h1-9H,10-11H2,(H,23,25)(H,24,26). The maximum absolute atomic E-state index is 12.4. The molecule has 9 nitrogen and oxygen atoms in total. The number of anilines is 2. The van der Waals surface area contributed by atoms with Gasteiger partial charge in [-0.15, -0.1) is 0 Å². The molecule has 0 saturated carbocycles. The van der Waals surface area contributed by atoms with Crippen molar-refractivity contribution in [3.05, 3.63) is 66.0 Å². The highest BCUT2D eigenvalue weighted by molar-refractivity contribution is 6.06. The Morgan fingerprint density at radius 3 is 1.83 bits per heavy atom. The summed E-state index contributed by atoms with van der Waals surface area (Å²) in [6, 6.07) is 13.2. The van der Waals surface area contributed by atoms with Gasteiger partial charge in [-0.25, -0.2) is 0 Å². The van der Waals surface area contributed by atoms with Crippen LogP contribution in [0.25, 0.3) is 0 Å². The minimum atomic E-state index is -0.406. The van der Waals surface area contributed by atoms with Crippen LogP contribution in [-0.2, 0) is 0 Å². The normalized spacial score (nSPS) is 13.1. The number of aromatic nitrogens is 1. The van der Waals surface area contributed by atoms with Crippen molar-refractivity contribution in [3.8, 4) is 23.0 Å². The van der Waals surface area contributed by atoms with E-state index in [1.54, 1.807) is 36.4 Å². The summed E-state index contributed by atoms with van der Waals surface area (Å²) >= 11 is 0. The minimum absolute atomic E-state index is 0.157. The number of ether oxygens (including phenoxy) is 4. The largest absolute Gasteiger partial charge is 0.454 e. The van der Waals surface area contributed by atoms with Crippen molar-refractivity contribution in [1.29, 1.82) is 0 Å². The van der Waals surface area contributed by atoms with Crippen molar-refractivity contribution < 1.29 is 28.5 Å². The Morgan fingerprint density at radius 1 is 0.700 bits per heavy atom. The number of pyridine rings is 1. The highest BCUT2D eigenvalue weighted by Crippen LogP contribution is 2.35. The minimum Gasteiger partial charge on any atom is -0.454 e. The molecule has 0 saturated heterocycles. The molecule has 3 heterocycles. The van der Waals surface area contributed by atoms with Gasteiger partial charge in [0.15, 0.2) is 23.0 Å². The fraction of sp³-hybridized carbons (Fsp3) is 0.0952. The Labute approximate surface area is 170 Å². The molecule has 2 aliphatic heterocycles. The third kappa shape index (κ3) is 3.44. The number of rotatable bonds is 4. The zero-order valence-electron chi connectivity index (χ0n) is 15.5.